The van der Waals surface area contributed by atoms with Crippen LogP contribution in [0.25, 0.3) is 0 Å². The number of carbonyl (C=O) groups is 1. The molecule has 0 aromatic heterocycles. The van der Waals surface area contributed by atoms with E-state index in [2.05, 4.69) is 10.0 Å². The van der Waals surface area contributed by atoms with Crippen molar-refractivity contribution in [3.05, 3.63) is 48.0 Å². The lowest BCUT2D eigenvalue weighted by atomic mass is 10.1. The summed E-state index contributed by atoms with van der Waals surface area (Å²) in [6.07, 6.45) is 0. The number of anilines is 2. The predicted molar refractivity (Wildman–Crippen MR) is 102 cm³/mol. The average Bonchev–Trinajstić information content (AvgIpc) is 2.62. The average molecular weight is 377 g/mol. The van der Waals surface area contributed by atoms with Gasteiger partial charge in [0.15, 0.2) is 0 Å². The van der Waals surface area contributed by atoms with Crippen LogP contribution in [-0.2, 0) is 14.8 Å². The number of nitrogens with one attached hydrogen (secondary N) is 2. The van der Waals surface area contributed by atoms with Gasteiger partial charge in [-0.3, -0.25) is 9.52 Å². The number of aryl methyl sites for hydroxylation is 1. The zero-order valence-corrected chi connectivity index (χ0v) is 15.8. The smallest absolute Gasteiger partial charge is 0.262 e. The molecule has 0 aliphatic heterocycles. The van der Waals surface area contributed by atoms with Gasteiger partial charge in [0.25, 0.3) is 10.0 Å². The molecule has 1 unspecified atom stereocenters. The Kier molecular flexibility index (Phi) is 6.23. The molecule has 2 aromatic rings. The Labute approximate surface area is 153 Å². The van der Waals surface area contributed by atoms with Crippen LogP contribution in [0.1, 0.15) is 12.5 Å². The van der Waals surface area contributed by atoms with Crippen molar-refractivity contribution >= 4 is 27.3 Å². The van der Waals surface area contributed by atoms with E-state index in [9.17, 15) is 13.2 Å². The molecule has 0 heterocycles. The van der Waals surface area contributed by atoms with Crippen LogP contribution in [0, 0.1) is 12.8 Å². The van der Waals surface area contributed by atoms with Crippen molar-refractivity contribution in [1.29, 1.82) is 0 Å². The van der Waals surface area contributed by atoms with Crippen molar-refractivity contribution in [1.82, 2.24) is 0 Å². The molecule has 0 aliphatic carbocycles. The molecule has 0 spiro atoms. The van der Waals surface area contributed by atoms with Gasteiger partial charge in [-0.2, -0.15) is 0 Å². The van der Waals surface area contributed by atoms with Gasteiger partial charge in [0, 0.05) is 23.8 Å². The number of ether oxygens (including phenoxy) is 1. The maximum Gasteiger partial charge on any atom is 0.262 e. The first-order chi connectivity index (χ1) is 12.3. The molecule has 0 radical (unpaired) electrons. The highest BCUT2D eigenvalue weighted by molar-refractivity contribution is 7.92. The van der Waals surface area contributed by atoms with Crippen LogP contribution in [0.2, 0.25) is 0 Å². The molecule has 1 amide bonds. The number of benzene rings is 2. The van der Waals surface area contributed by atoms with Crippen molar-refractivity contribution in [2.75, 3.05) is 23.7 Å². The monoisotopic (exact) mass is 377 g/mol. The largest absolute Gasteiger partial charge is 0.497 e. The molecule has 0 saturated carbocycles. The minimum absolute atomic E-state index is 0.0894. The van der Waals surface area contributed by atoms with Crippen LogP contribution < -0.4 is 20.5 Å². The number of nitrogens with two attached hydrogens (primary N) is 1. The van der Waals surface area contributed by atoms with Crippen molar-refractivity contribution in [3.8, 4) is 5.75 Å². The lowest BCUT2D eigenvalue weighted by Gasteiger charge is -2.14. The standard InChI is InChI=1S/C18H23N3O4S/c1-12-4-5-15(20-18(22)13(2)11-19)10-17(12)26(23,24)21-14-6-8-16(25-3)9-7-14/h4-10,13,21H,11,19H2,1-3H3,(H,20,22). The van der Waals surface area contributed by atoms with Crippen molar-refractivity contribution < 1.29 is 17.9 Å². The summed E-state index contributed by atoms with van der Waals surface area (Å²) < 4.78 is 33.0. The highest BCUT2D eigenvalue weighted by atomic mass is 32.2. The highest BCUT2D eigenvalue weighted by Crippen LogP contribution is 2.24. The topological polar surface area (TPSA) is 111 Å². The molecule has 8 heteroatoms. The van der Waals surface area contributed by atoms with E-state index < -0.39 is 10.0 Å². The third-order valence-corrected chi connectivity index (χ3v) is 5.41. The molecule has 0 saturated heterocycles. The second-order valence-electron chi connectivity index (χ2n) is 5.94. The molecule has 26 heavy (non-hydrogen) atoms. The van der Waals surface area contributed by atoms with Gasteiger partial charge in [0.1, 0.15) is 5.75 Å². The lowest BCUT2D eigenvalue weighted by Crippen LogP contribution is -2.26. The Hall–Kier alpha value is -2.58. The molecule has 7 nitrogen and oxygen atoms in total. The van der Waals surface area contributed by atoms with Gasteiger partial charge in [-0.25, -0.2) is 8.42 Å². The van der Waals surface area contributed by atoms with Gasteiger partial charge < -0.3 is 15.8 Å². The highest BCUT2D eigenvalue weighted by Gasteiger charge is 2.19. The van der Waals surface area contributed by atoms with Crippen LogP contribution in [0.4, 0.5) is 11.4 Å². The summed E-state index contributed by atoms with van der Waals surface area (Å²) in [5.74, 6) is -0.000499. The molecule has 0 aliphatic rings. The lowest BCUT2D eigenvalue weighted by molar-refractivity contribution is -0.119. The van der Waals surface area contributed by atoms with Crippen molar-refractivity contribution in [3.63, 3.8) is 0 Å². The molecule has 4 N–H and O–H groups in total. The molecule has 1 atom stereocenters. The molecular weight excluding hydrogens is 354 g/mol. The van der Waals surface area contributed by atoms with Gasteiger partial charge in [0.05, 0.1) is 12.0 Å². The fourth-order valence-corrected chi connectivity index (χ4v) is 3.54. The van der Waals surface area contributed by atoms with E-state index in [4.69, 9.17) is 10.5 Å². The summed E-state index contributed by atoms with van der Waals surface area (Å²) in [7, 11) is -2.28. The Bertz CT molecular complexity index is 880. The van der Waals surface area contributed by atoms with E-state index in [-0.39, 0.29) is 23.3 Å². The number of hydrogen-bond donors (Lipinski definition) is 3. The molecular formula is C18H23N3O4S. The number of methoxy groups -OCH3 is 1. The second kappa shape index (κ2) is 8.20. The van der Waals surface area contributed by atoms with Gasteiger partial charge in [-0.15, -0.1) is 0 Å². The maximum absolute atomic E-state index is 12.7. The summed E-state index contributed by atoms with van der Waals surface area (Å²) in [5, 5.41) is 2.68. The van der Waals surface area contributed by atoms with Crippen LogP contribution >= 0.6 is 0 Å². The number of hydrogen-bond acceptors (Lipinski definition) is 5. The van der Waals surface area contributed by atoms with E-state index >= 15 is 0 Å². The van der Waals surface area contributed by atoms with Crippen molar-refractivity contribution in [2.24, 2.45) is 11.7 Å². The fraction of sp³-hybridized carbons (Fsp3) is 0.278. The number of rotatable bonds is 7. The summed E-state index contributed by atoms with van der Waals surface area (Å²) in [4.78, 5) is 12.1. The minimum Gasteiger partial charge on any atom is -0.497 e. The van der Waals surface area contributed by atoms with Crippen LogP contribution in [0.15, 0.2) is 47.4 Å². The predicted octanol–water partition coefficient (Wildman–Crippen LogP) is 2.34. The Morgan fingerprint density at radius 2 is 1.77 bits per heavy atom. The SMILES string of the molecule is COc1ccc(NS(=O)(=O)c2cc(NC(=O)C(C)CN)ccc2C)cc1. The third-order valence-electron chi connectivity index (χ3n) is 3.89. The quantitative estimate of drug-likeness (QED) is 0.686. The number of amides is 1. The zero-order valence-electron chi connectivity index (χ0n) is 14.9. The minimum atomic E-state index is -3.81. The van der Waals surface area contributed by atoms with E-state index in [0.29, 0.717) is 22.7 Å². The molecule has 0 fully saturated rings. The van der Waals surface area contributed by atoms with Gasteiger partial charge >= 0.3 is 0 Å². The molecule has 0 bridgehead atoms. The van der Waals surface area contributed by atoms with Gasteiger partial charge in [0.2, 0.25) is 5.91 Å². The maximum atomic E-state index is 12.7. The second-order valence-corrected chi connectivity index (χ2v) is 7.59. The third kappa shape index (κ3) is 4.74. The Balaban J connectivity index is 2.27. The summed E-state index contributed by atoms with van der Waals surface area (Å²) in [5.41, 5.74) is 6.86. The van der Waals surface area contributed by atoms with Crippen LogP contribution in [0.5, 0.6) is 5.75 Å². The van der Waals surface area contributed by atoms with Crippen LogP contribution in [-0.4, -0.2) is 28.0 Å². The number of sulfonamides is 1. The Morgan fingerprint density at radius 1 is 1.15 bits per heavy atom. The summed E-state index contributed by atoms with van der Waals surface area (Å²) >= 11 is 0. The van der Waals surface area contributed by atoms with Gasteiger partial charge in [-0.05, 0) is 48.9 Å². The summed E-state index contributed by atoms with van der Waals surface area (Å²) in [6, 6.07) is 11.3. The van der Waals surface area contributed by atoms with Crippen LogP contribution in [0.3, 0.4) is 0 Å². The number of carbonyl (C=O) groups excluding carboxylic acids is 1. The van der Waals surface area contributed by atoms with Gasteiger partial charge in [-0.1, -0.05) is 13.0 Å². The van der Waals surface area contributed by atoms with E-state index in [1.165, 1.54) is 13.2 Å². The van der Waals surface area contributed by atoms with E-state index in [0.717, 1.165) is 0 Å². The first-order valence-corrected chi connectivity index (χ1v) is 9.53. The first-order valence-electron chi connectivity index (χ1n) is 8.05. The zero-order chi connectivity index (χ0) is 19.3. The Morgan fingerprint density at radius 3 is 2.35 bits per heavy atom. The van der Waals surface area contributed by atoms with E-state index in [1.54, 1.807) is 50.2 Å². The normalized spacial score (nSPS) is 12.3. The molecule has 2 aromatic carbocycles. The van der Waals surface area contributed by atoms with Crippen molar-refractivity contribution in [2.45, 2.75) is 18.7 Å². The fourth-order valence-electron chi connectivity index (χ4n) is 2.21. The molecule has 2 rings (SSSR count). The van der Waals surface area contributed by atoms with E-state index in [1.807, 2.05) is 0 Å². The molecule has 140 valence electrons. The summed E-state index contributed by atoms with van der Waals surface area (Å²) in [6.45, 7) is 3.60. The first kappa shape index (κ1) is 19.7.